The molecule has 11 heteroatoms. The van der Waals surface area contributed by atoms with Gasteiger partial charge in [0, 0.05) is 11.4 Å². The highest BCUT2D eigenvalue weighted by Crippen LogP contribution is 2.72. The molecular weight excluding hydrogens is 482 g/mol. The van der Waals surface area contributed by atoms with Crippen LogP contribution in [0.2, 0.25) is 5.02 Å². The summed E-state index contributed by atoms with van der Waals surface area (Å²) in [5.74, 6) is -1.18. The Labute approximate surface area is 191 Å². The molecule has 4 atom stereocenters. The second kappa shape index (κ2) is 7.09. The van der Waals surface area contributed by atoms with Crippen molar-refractivity contribution in [3.8, 4) is 0 Å². The van der Waals surface area contributed by atoms with Gasteiger partial charge in [-0.05, 0) is 24.6 Å². The van der Waals surface area contributed by atoms with Crippen LogP contribution < -0.4 is 5.32 Å². The normalized spacial score (nSPS) is 32.2. The van der Waals surface area contributed by atoms with Gasteiger partial charge in [0.25, 0.3) is 0 Å². The quantitative estimate of drug-likeness (QED) is 0.384. The SMILES string of the molecule is CC12CC1(C(=O)OCC(Cl)(Cl)Cl)N1C(=O)C(NC(=O)Cc3cccc(Cl)c3)[C@H]1S2. The Bertz CT molecular complexity index is 910. The van der Waals surface area contributed by atoms with Crippen LogP contribution >= 0.6 is 58.2 Å². The van der Waals surface area contributed by atoms with Gasteiger partial charge in [-0.15, -0.1) is 11.8 Å². The molecule has 0 radical (unpaired) electrons. The molecule has 1 aliphatic carbocycles. The Morgan fingerprint density at radius 2 is 2.10 bits per heavy atom. The zero-order valence-electron chi connectivity index (χ0n) is 15.1. The number of hydrogen-bond donors (Lipinski definition) is 1. The van der Waals surface area contributed by atoms with Crippen LogP contribution in [-0.4, -0.2) is 54.8 Å². The van der Waals surface area contributed by atoms with E-state index in [9.17, 15) is 14.4 Å². The van der Waals surface area contributed by atoms with Crippen molar-refractivity contribution in [2.24, 2.45) is 0 Å². The predicted molar refractivity (Wildman–Crippen MR) is 112 cm³/mol. The van der Waals surface area contributed by atoms with Gasteiger partial charge >= 0.3 is 5.97 Å². The highest BCUT2D eigenvalue weighted by Gasteiger charge is 2.85. The number of alkyl halides is 3. The zero-order chi connectivity index (χ0) is 21.2. The Morgan fingerprint density at radius 3 is 2.76 bits per heavy atom. The Morgan fingerprint density at radius 1 is 1.38 bits per heavy atom. The first-order valence-corrected chi connectivity index (χ1v) is 11.1. The largest absolute Gasteiger partial charge is 0.459 e. The molecule has 0 aromatic heterocycles. The van der Waals surface area contributed by atoms with Crippen molar-refractivity contribution >= 4 is 75.9 Å². The number of thioether (sulfide) groups is 1. The summed E-state index contributed by atoms with van der Waals surface area (Å²) in [7, 11) is 0. The number of carbonyl (C=O) groups is 3. The second-order valence-corrected chi connectivity index (χ2v) is 12.1. The summed E-state index contributed by atoms with van der Waals surface area (Å²) in [6.45, 7) is 1.50. The first-order valence-electron chi connectivity index (χ1n) is 8.76. The minimum absolute atomic E-state index is 0.107. The number of β-lactam (4-membered cyclic amide) rings is 1. The zero-order valence-corrected chi connectivity index (χ0v) is 18.9. The van der Waals surface area contributed by atoms with Crippen molar-refractivity contribution in [1.29, 1.82) is 0 Å². The smallest absolute Gasteiger partial charge is 0.333 e. The Kier molecular flexibility index (Phi) is 5.23. The number of nitrogens with zero attached hydrogens (tertiary/aromatic N) is 1. The lowest BCUT2D eigenvalue weighted by molar-refractivity contribution is -0.166. The molecule has 1 N–H and O–H groups in total. The molecule has 29 heavy (non-hydrogen) atoms. The molecule has 3 fully saturated rings. The topological polar surface area (TPSA) is 75.7 Å². The Hall–Kier alpha value is -0.860. The molecule has 2 aliphatic heterocycles. The molecule has 2 saturated heterocycles. The summed E-state index contributed by atoms with van der Waals surface area (Å²) in [5.41, 5.74) is -0.317. The Balaban J connectivity index is 1.41. The van der Waals surface area contributed by atoms with Gasteiger partial charge in [-0.25, -0.2) is 4.79 Å². The van der Waals surface area contributed by atoms with E-state index in [4.69, 9.17) is 51.1 Å². The van der Waals surface area contributed by atoms with E-state index < -0.39 is 32.7 Å². The summed E-state index contributed by atoms with van der Waals surface area (Å²) in [6, 6.07) is 6.28. The predicted octanol–water partition coefficient (Wildman–Crippen LogP) is 3.10. The number of halogens is 4. The highest BCUT2D eigenvalue weighted by atomic mass is 35.6. The van der Waals surface area contributed by atoms with Crippen LogP contribution in [0.3, 0.4) is 0 Å². The number of fused-ring (bicyclic) bond motifs is 3. The molecule has 0 bridgehead atoms. The molecular formula is C18H16Cl4N2O4S. The van der Waals surface area contributed by atoms with Crippen LogP contribution in [0.15, 0.2) is 24.3 Å². The molecule has 2 amide bonds. The number of amides is 2. The molecule has 0 spiro atoms. The monoisotopic (exact) mass is 496 g/mol. The van der Waals surface area contributed by atoms with Crippen molar-refractivity contribution < 1.29 is 19.1 Å². The number of carbonyl (C=O) groups excluding carboxylic acids is 3. The van der Waals surface area contributed by atoms with Gasteiger partial charge in [0.05, 0.1) is 11.2 Å². The molecule has 156 valence electrons. The van der Waals surface area contributed by atoms with Crippen molar-refractivity contribution in [3.63, 3.8) is 0 Å². The third-order valence-electron chi connectivity index (χ3n) is 5.45. The van der Waals surface area contributed by atoms with E-state index in [2.05, 4.69) is 5.32 Å². The highest BCUT2D eigenvalue weighted by molar-refractivity contribution is 8.02. The van der Waals surface area contributed by atoms with Crippen LogP contribution in [0.1, 0.15) is 18.9 Å². The maximum atomic E-state index is 12.8. The van der Waals surface area contributed by atoms with Crippen molar-refractivity contribution in [2.75, 3.05) is 6.61 Å². The van der Waals surface area contributed by atoms with Crippen LogP contribution in [0.5, 0.6) is 0 Å². The first kappa shape index (κ1) is 21.4. The fraction of sp³-hybridized carbons (Fsp3) is 0.500. The van der Waals surface area contributed by atoms with E-state index in [1.807, 2.05) is 6.92 Å². The van der Waals surface area contributed by atoms with Crippen LogP contribution in [0.4, 0.5) is 0 Å². The molecule has 2 heterocycles. The molecule has 1 saturated carbocycles. The summed E-state index contributed by atoms with van der Waals surface area (Å²) in [4.78, 5) is 39.4. The van der Waals surface area contributed by atoms with E-state index in [1.54, 1.807) is 24.3 Å². The number of benzene rings is 1. The lowest BCUT2D eigenvalue weighted by atomic mass is 10.00. The number of hydrogen-bond acceptors (Lipinski definition) is 5. The first-order chi connectivity index (χ1) is 13.5. The molecule has 4 rings (SSSR count). The van der Waals surface area contributed by atoms with E-state index in [0.29, 0.717) is 11.4 Å². The van der Waals surface area contributed by atoms with Crippen molar-refractivity contribution in [2.45, 2.75) is 45.3 Å². The van der Waals surface area contributed by atoms with Gasteiger partial charge in [0.2, 0.25) is 15.6 Å². The van der Waals surface area contributed by atoms with E-state index >= 15 is 0 Å². The van der Waals surface area contributed by atoms with Crippen molar-refractivity contribution in [3.05, 3.63) is 34.9 Å². The summed E-state index contributed by atoms with van der Waals surface area (Å²) in [5, 5.41) is 2.98. The molecule has 1 aromatic carbocycles. The third-order valence-corrected chi connectivity index (χ3v) is 7.74. The maximum Gasteiger partial charge on any atom is 0.333 e. The molecule has 1 aromatic rings. The van der Waals surface area contributed by atoms with Gasteiger partial charge in [-0.1, -0.05) is 58.5 Å². The summed E-state index contributed by atoms with van der Waals surface area (Å²) >= 11 is 24.4. The average molecular weight is 498 g/mol. The van der Waals surface area contributed by atoms with Gasteiger partial charge in [-0.2, -0.15) is 0 Å². The van der Waals surface area contributed by atoms with E-state index in [1.165, 1.54) is 16.7 Å². The second-order valence-electron chi connectivity index (χ2n) is 7.53. The fourth-order valence-corrected chi connectivity index (χ4v) is 6.31. The van der Waals surface area contributed by atoms with Crippen molar-refractivity contribution in [1.82, 2.24) is 10.2 Å². The lowest BCUT2D eigenvalue weighted by Crippen LogP contribution is -2.72. The van der Waals surface area contributed by atoms with Crippen LogP contribution in [0, 0.1) is 0 Å². The average Bonchev–Trinajstić information content (AvgIpc) is 3.15. The number of rotatable bonds is 5. The van der Waals surface area contributed by atoms with Gasteiger partial charge in [-0.3, -0.25) is 9.59 Å². The number of nitrogens with one attached hydrogen (secondary N) is 1. The van der Waals surface area contributed by atoms with E-state index in [0.717, 1.165) is 5.56 Å². The fourth-order valence-electron chi connectivity index (χ4n) is 4.02. The molecule has 6 nitrogen and oxygen atoms in total. The van der Waals surface area contributed by atoms with Gasteiger partial charge in [0.15, 0.2) is 5.54 Å². The summed E-state index contributed by atoms with van der Waals surface area (Å²) in [6.07, 6.45) is 0.574. The molecule has 3 aliphatic rings. The molecule has 3 unspecified atom stereocenters. The van der Waals surface area contributed by atoms with E-state index in [-0.39, 0.29) is 23.6 Å². The van der Waals surface area contributed by atoms with Crippen LogP contribution in [-0.2, 0) is 25.5 Å². The summed E-state index contributed by atoms with van der Waals surface area (Å²) < 4.78 is 2.96. The number of esters is 1. The van der Waals surface area contributed by atoms with Gasteiger partial charge in [0.1, 0.15) is 18.0 Å². The van der Waals surface area contributed by atoms with Gasteiger partial charge < -0.3 is 15.0 Å². The minimum Gasteiger partial charge on any atom is -0.459 e. The maximum absolute atomic E-state index is 12.8. The lowest BCUT2D eigenvalue weighted by Gasteiger charge is -2.46. The third kappa shape index (κ3) is 3.59. The van der Waals surface area contributed by atoms with Crippen LogP contribution in [0.25, 0.3) is 0 Å². The minimum atomic E-state index is -1.72. The standard InChI is InChI=1S/C18H16Cl4N2O4S/c1-16-7-17(16,15(27)28-8-18(20,21)22)24-13(26)12(14(24)29-16)23-11(25)6-9-3-2-4-10(19)5-9/h2-5,12,14H,6-8H2,1H3,(H,23,25)/t12?,14-,16?,17?/m1/s1. The number of ether oxygens (including phenoxy) is 1.